The van der Waals surface area contributed by atoms with E-state index >= 15 is 0 Å². The van der Waals surface area contributed by atoms with Gasteiger partial charge in [-0.05, 0) is 12.8 Å². The third kappa shape index (κ3) is 3.84. The molecule has 0 saturated heterocycles. The fraction of sp³-hybridized carbons (Fsp3) is 1.00. The van der Waals surface area contributed by atoms with Crippen LogP contribution in [-0.2, 0) is 4.74 Å². The van der Waals surface area contributed by atoms with Gasteiger partial charge < -0.3 is 4.74 Å². The fourth-order valence-corrected chi connectivity index (χ4v) is 1.14. The van der Waals surface area contributed by atoms with E-state index in [1.165, 1.54) is 6.92 Å². The first-order valence-corrected chi connectivity index (χ1v) is 4.88. The Morgan fingerprint density at radius 3 is 1.88 bits per heavy atom. The number of ether oxygens (including phenoxy) is 1. The van der Waals surface area contributed by atoms with Crippen LogP contribution in [-0.4, -0.2) is 31.0 Å². The first-order chi connectivity index (χ1) is 7.17. The molecule has 0 rings (SSSR count). The molecular weight excluding hydrogens is 238 g/mol. The minimum absolute atomic E-state index is 0.126. The van der Waals surface area contributed by atoms with E-state index in [4.69, 9.17) is 0 Å². The molecular formula is C9H14F6O. The van der Waals surface area contributed by atoms with Crippen molar-refractivity contribution in [3.8, 4) is 0 Å². The van der Waals surface area contributed by atoms with Crippen LogP contribution in [0.15, 0.2) is 0 Å². The predicted octanol–water partition coefficient (Wildman–Crippen LogP) is 3.73. The molecule has 0 aromatic carbocycles. The summed E-state index contributed by atoms with van der Waals surface area (Å²) < 4.78 is 78.9. The lowest BCUT2D eigenvalue weighted by Crippen LogP contribution is -2.50. The lowest BCUT2D eigenvalue weighted by atomic mass is 10.1. The maximum Gasteiger partial charge on any atom is 0.425 e. The minimum atomic E-state index is -5.58. The molecule has 0 radical (unpaired) electrons. The summed E-state index contributed by atoms with van der Waals surface area (Å²) in [5.74, 6) is -4.55. The quantitative estimate of drug-likeness (QED) is 0.654. The van der Waals surface area contributed by atoms with Crippen molar-refractivity contribution in [3.05, 3.63) is 0 Å². The Hall–Kier alpha value is -0.460. The zero-order chi connectivity index (χ0) is 13.0. The summed E-state index contributed by atoms with van der Waals surface area (Å²) >= 11 is 0. The Morgan fingerprint density at radius 1 is 1.06 bits per heavy atom. The second kappa shape index (κ2) is 5.75. The van der Waals surface area contributed by atoms with Crippen molar-refractivity contribution in [2.45, 2.75) is 51.1 Å². The van der Waals surface area contributed by atoms with E-state index in [0.29, 0.717) is 6.42 Å². The fourth-order valence-electron chi connectivity index (χ4n) is 1.14. The molecule has 0 heterocycles. The maximum absolute atomic E-state index is 13.1. The molecule has 0 saturated carbocycles. The predicted molar refractivity (Wildman–Crippen MR) is 46.2 cm³/mol. The highest BCUT2D eigenvalue weighted by Gasteiger charge is 2.60. The van der Waals surface area contributed by atoms with Crippen molar-refractivity contribution in [2.75, 3.05) is 6.61 Å². The molecule has 0 aliphatic carbocycles. The van der Waals surface area contributed by atoms with Crippen molar-refractivity contribution in [1.29, 1.82) is 0 Å². The topological polar surface area (TPSA) is 9.23 Å². The maximum atomic E-state index is 13.1. The van der Waals surface area contributed by atoms with E-state index in [9.17, 15) is 26.3 Å². The number of alkyl halides is 6. The highest BCUT2D eigenvalue weighted by Crippen LogP contribution is 2.38. The van der Waals surface area contributed by atoms with E-state index in [-0.39, 0.29) is 13.0 Å². The van der Waals surface area contributed by atoms with E-state index < -0.39 is 24.4 Å². The largest absolute Gasteiger partial charge is 0.425 e. The van der Waals surface area contributed by atoms with Gasteiger partial charge in [0.2, 0.25) is 0 Å². The van der Waals surface area contributed by atoms with Crippen LogP contribution < -0.4 is 0 Å². The Morgan fingerprint density at radius 2 is 1.56 bits per heavy atom. The van der Waals surface area contributed by atoms with E-state index in [0.717, 1.165) is 0 Å². The van der Waals surface area contributed by atoms with Crippen LogP contribution in [0.25, 0.3) is 0 Å². The molecule has 0 aromatic heterocycles. The van der Waals surface area contributed by atoms with Crippen LogP contribution in [0, 0.1) is 0 Å². The van der Waals surface area contributed by atoms with Gasteiger partial charge in [-0.15, -0.1) is 0 Å². The van der Waals surface area contributed by atoms with Gasteiger partial charge in [0.25, 0.3) is 6.17 Å². The lowest BCUT2D eigenvalue weighted by Gasteiger charge is -2.29. The number of hydrogen-bond acceptors (Lipinski definition) is 1. The molecule has 0 aliphatic heterocycles. The molecule has 0 N–H and O–H groups in total. The normalized spacial score (nSPS) is 17.2. The van der Waals surface area contributed by atoms with Gasteiger partial charge in [-0.1, -0.05) is 13.8 Å². The lowest BCUT2D eigenvalue weighted by molar-refractivity contribution is -0.273. The Labute approximate surface area is 89.8 Å². The average Bonchev–Trinajstić information content (AvgIpc) is 2.16. The second-order valence-corrected chi connectivity index (χ2v) is 3.35. The van der Waals surface area contributed by atoms with Crippen LogP contribution in [0.2, 0.25) is 0 Å². The molecule has 0 bridgehead atoms. The summed E-state index contributed by atoms with van der Waals surface area (Å²) in [6.07, 6.45) is -11.8. The van der Waals surface area contributed by atoms with Crippen LogP contribution in [0.5, 0.6) is 0 Å². The highest BCUT2D eigenvalue weighted by atomic mass is 19.4. The molecule has 1 nitrogen and oxygen atoms in total. The van der Waals surface area contributed by atoms with Gasteiger partial charge in [-0.2, -0.15) is 13.2 Å². The smallest absolute Gasteiger partial charge is 0.372 e. The molecule has 16 heavy (non-hydrogen) atoms. The molecule has 2 unspecified atom stereocenters. The van der Waals surface area contributed by atoms with Gasteiger partial charge in [0.1, 0.15) is 6.10 Å². The van der Waals surface area contributed by atoms with Gasteiger partial charge in [0.05, 0.1) is 0 Å². The number of rotatable bonds is 6. The molecule has 0 fully saturated rings. The Balaban J connectivity index is 4.71. The Bertz CT molecular complexity index is 203. The Kier molecular flexibility index (Phi) is 5.58. The van der Waals surface area contributed by atoms with Crippen molar-refractivity contribution in [1.82, 2.24) is 0 Å². The molecule has 0 aliphatic rings. The number of hydrogen-bond donors (Lipinski definition) is 0. The van der Waals surface area contributed by atoms with E-state index in [1.54, 1.807) is 6.92 Å². The average molecular weight is 252 g/mol. The summed E-state index contributed by atoms with van der Waals surface area (Å²) in [4.78, 5) is 0. The van der Waals surface area contributed by atoms with Gasteiger partial charge in [-0.3, -0.25) is 0 Å². The van der Waals surface area contributed by atoms with Gasteiger partial charge in [0, 0.05) is 6.61 Å². The molecule has 0 spiro atoms. The molecule has 98 valence electrons. The van der Waals surface area contributed by atoms with Crippen molar-refractivity contribution in [3.63, 3.8) is 0 Å². The highest BCUT2D eigenvalue weighted by molar-refractivity contribution is 4.89. The standard InChI is InChI=1S/C9H14F6O/c1-3-5-16-6(4-2)8(11,12)7(10)9(13,14)15/h6-7H,3-5H2,1-2H3. The van der Waals surface area contributed by atoms with E-state index in [1.807, 2.05) is 0 Å². The SMILES string of the molecule is CCCOC(CC)C(F)(F)C(F)C(F)(F)F. The van der Waals surface area contributed by atoms with Crippen LogP contribution in [0.3, 0.4) is 0 Å². The minimum Gasteiger partial charge on any atom is -0.372 e. The van der Waals surface area contributed by atoms with Crippen LogP contribution >= 0.6 is 0 Å². The summed E-state index contributed by atoms with van der Waals surface area (Å²) in [6, 6.07) is 0. The summed E-state index contributed by atoms with van der Waals surface area (Å²) in [6.45, 7) is 2.71. The molecule has 0 aromatic rings. The van der Waals surface area contributed by atoms with Crippen molar-refractivity contribution < 1.29 is 31.1 Å². The van der Waals surface area contributed by atoms with Crippen molar-refractivity contribution in [2.24, 2.45) is 0 Å². The third-order valence-electron chi connectivity index (χ3n) is 1.95. The zero-order valence-electron chi connectivity index (χ0n) is 8.95. The summed E-state index contributed by atoms with van der Waals surface area (Å²) in [7, 11) is 0. The molecule has 7 heteroatoms. The first kappa shape index (κ1) is 15.5. The summed E-state index contributed by atoms with van der Waals surface area (Å²) in [5.41, 5.74) is 0. The second-order valence-electron chi connectivity index (χ2n) is 3.35. The summed E-state index contributed by atoms with van der Waals surface area (Å²) in [5, 5.41) is 0. The van der Waals surface area contributed by atoms with Gasteiger partial charge >= 0.3 is 12.1 Å². The first-order valence-electron chi connectivity index (χ1n) is 4.88. The molecule has 0 amide bonds. The van der Waals surface area contributed by atoms with Crippen LogP contribution in [0.4, 0.5) is 26.3 Å². The monoisotopic (exact) mass is 252 g/mol. The van der Waals surface area contributed by atoms with E-state index in [2.05, 4.69) is 4.74 Å². The third-order valence-corrected chi connectivity index (χ3v) is 1.95. The molecule has 2 atom stereocenters. The van der Waals surface area contributed by atoms with Crippen molar-refractivity contribution >= 4 is 0 Å². The van der Waals surface area contributed by atoms with Crippen LogP contribution in [0.1, 0.15) is 26.7 Å². The number of halogens is 6. The van der Waals surface area contributed by atoms with Gasteiger partial charge in [0.15, 0.2) is 0 Å². The zero-order valence-corrected chi connectivity index (χ0v) is 8.95. The van der Waals surface area contributed by atoms with Gasteiger partial charge in [-0.25, -0.2) is 13.2 Å².